The lowest BCUT2D eigenvalue weighted by Crippen LogP contribution is -2.31. The minimum atomic E-state index is -3.88. The SMILES string of the molecule is CCCCn1c(=O)[nH]c(=O)c2c1nc(COC(=O)c1ccc(S(C)(=O)=O)c([N+](=O)[O-])c1)n2C. The van der Waals surface area contributed by atoms with E-state index >= 15 is 0 Å². The molecule has 0 aliphatic carbocycles. The number of sulfone groups is 1. The van der Waals surface area contributed by atoms with Gasteiger partial charge in [0.15, 0.2) is 21.0 Å². The highest BCUT2D eigenvalue weighted by molar-refractivity contribution is 7.90. The number of esters is 1. The van der Waals surface area contributed by atoms with E-state index in [0.29, 0.717) is 13.0 Å². The fraction of sp³-hybridized carbons (Fsp3) is 0.368. The van der Waals surface area contributed by atoms with Crippen LogP contribution in [0.15, 0.2) is 32.7 Å². The van der Waals surface area contributed by atoms with Crippen molar-refractivity contribution in [2.75, 3.05) is 6.26 Å². The summed E-state index contributed by atoms with van der Waals surface area (Å²) in [5, 5.41) is 11.2. The largest absolute Gasteiger partial charge is 0.454 e. The van der Waals surface area contributed by atoms with Gasteiger partial charge < -0.3 is 9.30 Å². The molecule has 14 heteroatoms. The quantitative estimate of drug-likeness (QED) is 0.279. The fourth-order valence-electron chi connectivity index (χ4n) is 3.26. The van der Waals surface area contributed by atoms with Crippen LogP contribution >= 0.6 is 0 Å². The van der Waals surface area contributed by atoms with Crippen LogP contribution in [0.2, 0.25) is 0 Å². The molecule has 0 saturated carbocycles. The average Bonchev–Trinajstić information content (AvgIpc) is 3.07. The number of nitrogens with zero attached hydrogens (tertiary/aromatic N) is 4. The molecule has 33 heavy (non-hydrogen) atoms. The summed E-state index contributed by atoms with van der Waals surface area (Å²) in [5.74, 6) is -0.788. The molecule has 2 aromatic heterocycles. The maximum absolute atomic E-state index is 12.5. The van der Waals surface area contributed by atoms with Crippen LogP contribution < -0.4 is 11.2 Å². The fourth-order valence-corrected chi connectivity index (χ4v) is 4.09. The first-order valence-electron chi connectivity index (χ1n) is 9.79. The number of benzene rings is 1. The molecule has 1 aromatic carbocycles. The first-order chi connectivity index (χ1) is 15.5. The second-order valence-corrected chi connectivity index (χ2v) is 9.30. The van der Waals surface area contributed by atoms with E-state index in [1.807, 2.05) is 6.92 Å². The summed E-state index contributed by atoms with van der Waals surface area (Å²) in [7, 11) is -2.36. The number of carbonyl (C=O) groups is 1. The molecule has 1 N–H and O–H groups in total. The van der Waals surface area contributed by atoms with Gasteiger partial charge in [-0.15, -0.1) is 0 Å². The van der Waals surface area contributed by atoms with Crippen molar-refractivity contribution in [3.63, 3.8) is 0 Å². The molecule has 13 nitrogen and oxygen atoms in total. The van der Waals surface area contributed by atoms with E-state index in [-0.39, 0.29) is 22.6 Å². The molecule has 0 spiro atoms. The van der Waals surface area contributed by atoms with Gasteiger partial charge in [0.2, 0.25) is 0 Å². The topological polar surface area (TPSA) is 176 Å². The first kappa shape index (κ1) is 23.8. The molecule has 0 aliphatic heterocycles. The number of carbonyl (C=O) groups excluding carboxylic acids is 1. The van der Waals surface area contributed by atoms with Crippen LogP contribution in [-0.2, 0) is 34.8 Å². The van der Waals surface area contributed by atoms with Gasteiger partial charge in [-0.3, -0.25) is 24.5 Å². The highest BCUT2D eigenvalue weighted by atomic mass is 32.2. The Morgan fingerprint density at radius 3 is 2.61 bits per heavy atom. The molecule has 0 amide bonds. The molecule has 2 heterocycles. The number of aryl methyl sites for hydroxylation is 2. The van der Waals surface area contributed by atoms with Crippen LogP contribution in [0.4, 0.5) is 5.69 Å². The molecule has 0 bridgehead atoms. The molecule has 176 valence electrons. The molecule has 0 fully saturated rings. The Morgan fingerprint density at radius 2 is 2.00 bits per heavy atom. The lowest BCUT2D eigenvalue weighted by atomic mass is 10.2. The van der Waals surface area contributed by atoms with E-state index in [0.717, 1.165) is 30.9 Å². The normalized spacial score (nSPS) is 11.6. The van der Waals surface area contributed by atoms with Crippen molar-refractivity contribution in [3.05, 3.63) is 60.5 Å². The van der Waals surface area contributed by atoms with Crippen LogP contribution in [0.3, 0.4) is 0 Å². The minimum Gasteiger partial charge on any atom is -0.454 e. The maximum Gasteiger partial charge on any atom is 0.338 e. The zero-order valence-corrected chi connectivity index (χ0v) is 18.8. The van der Waals surface area contributed by atoms with Crippen molar-refractivity contribution in [3.8, 4) is 0 Å². The molecule has 0 aliphatic rings. The Bertz CT molecular complexity index is 1480. The van der Waals surface area contributed by atoms with Crippen molar-refractivity contribution < 1.29 is 22.9 Å². The Labute approximate surface area is 186 Å². The summed E-state index contributed by atoms with van der Waals surface area (Å²) in [4.78, 5) is 53.3. The van der Waals surface area contributed by atoms with Crippen LogP contribution in [0, 0.1) is 10.1 Å². The number of aromatic amines is 1. The lowest BCUT2D eigenvalue weighted by molar-refractivity contribution is -0.387. The van der Waals surface area contributed by atoms with Gasteiger partial charge in [0.25, 0.3) is 11.2 Å². The van der Waals surface area contributed by atoms with Crippen molar-refractivity contribution in [2.45, 2.75) is 37.8 Å². The lowest BCUT2D eigenvalue weighted by Gasteiger charge is -2.06. The smallest absolute Gasteiger partial charge is 0.338 e. The number of imidazole rings is 1. The standard InChI is InChI=1S/C19H21N5O8S/c1-4-5-8-23-16-15(17(25)21-19(23)27)22(2)14(20-16)10-32-18(26)11-6-7-13(33(3,30)31)12(9-11)24(28)29/h6-7,9H,4-5,8,10H2,1-3H3,(H,21,25,27). The molecule has 3 aromatic rings. The summed E-state index contributed by atoms with van der Waals surface area (Å²) in [6, 6.07) is 2.89. The summed E-state index contributed by atoms with van der Waals surface area (Å²) < 4.78 is 31.4. The highest BCUT2D eigenvalue weighted by Crippen LogP contribution is 2.25. The van der Waals surface area contributed by atoms with E-state index in [1.165, 1.54) is 16.2 Å². The number of fused-ring (bicyclic) bond motifs is 1. The zero-order valence-electron chi connectivity index (χ0n) is 18.0. The molecule has 0 radical (unpaired) electrons. The van der Waals surface area contributed by atoms with Crippen molar-refractivity contribution >= 4 is 32.7 Å². The molecule has 3 rings (SSSR count). The predicted molar refractivity (Wildman–Crippen MR) is 116 cm³/mol. The van der Waals surface area contributed by atoms with Crippen LogP contribution in [0.5, 0.6) is 0 Å². The number of hydrogen-bond acceptors (Lipinski definition) is 9. The number of nitro benzene ring substituents is 1. The monoisotopic (exact) mass is 479 g/mol. The maximum atomic E-state index is 12.5. The number of ether oxygens (including phenoxy) is 1. The van der Waals surface area contributed by atoms with Gasteiger partial charge in [-0.05, 0) is 18.6 Å². The van der Waals surface area contributed by atoms with Crippen LogP contribution in [0.25, 0.3) is 11.2 Å². The minimum absolute atomic E-state index is 0.130. The van der Waals surface area contributed by atoms with Crippen LogP contribution in [-0.4, -0.2) is 44.7 Å². The van der Waals surface area contributed by atoms with Gasteiger partial charge in [-0.2, -0.15) is 0 Å². The predicted octanol–water partition coefficient (Wildman–Crippen LogP) is 0.892. The van der Waals surface area contributed by atoms with Gasteiger partial charge in [0, 0.05) is 25.9 Å². The molecule has 0 saturated heterocycles. The number of unbranched alkanes of at least 4 members (excludes halogenated alkanes) is 1. The second-order valence-electron chi connectivity index (χ2n) is 7.31. The zero-order chi connectivity index (χ0) is 24.5. The number of nitro groups is 1. The van der Waals surface area contributed by atoms with E-state index in [1.54, 1.807) is 0 Å². The van der Waals surface area contributed by atoms with E-state index in [2.05, 4.69) is 9.97 Å². The third kappa shape index (κ3) is 4.69. The van der Waals surface area contributed by atoms with Crippen molar-refractivity contribution in [1.82, 2.24) is 19.1 Å². The Balaban J connectivity index is 1.93. The Morgan fingerprint density at radius 1 is 1.30 bits per heavy atom. The summed E-state index contributed by atoms with van der Waals surface area (Å²) in [5.41, 5.74) is -1.93. The Kier molecular flexibility index (Phi) is 6.48. The summed E-state index contributed by atoms with van der Waals surface area (Å²) >= 11 is 0. The third-order valence-electron chi connectivity index (χ3n) is 4.96. The average molecular weight is 479 g/mol. The number of aromatic nitrogens is 4. The van der Waals surface area contributed by atoms with Gasteiger partial charge in [-0.25, -0.2) is 23.0 Å². The third-order valence-corrected chi connectivity index (χ3v) is 6.11. The number of H-pyrrole nitrogens is 1. The van der Waals surface area contributed by atoms with E-state index in [4.69, 9.17) is 4.74 Å². The van der Waals surface area contributed by atoms with Crippen LogP contribution in [0.1, 0.15) is 35.9 Å². The first-order valence-corrected chi connectivity index (χ1v) is 11.7. The van der Waals surface area contributed by atoms with Gasteiger partial charge >= 0.3 is 11.7 Å². The highest BCUT2D eigenvalue weighted by Gasteiger charge is 2.25. The molecule has 0 atom stereocenters. The number of rotatable bonds is 8. The van der Waals surface area contributed by atoms with Crippen molar-refractivity contribution in [2.24, 2.45) is 7.05 Å². The molecular weight excluding hydrogens is 458 g/mol. The van der Waals surface area contributed by atoms with E-state index in [9.17, 15) is 32.9 Å². The second kappa shape index (κ2) is 8.97. The van der Waals surface area contributed by atoms with Gasteiger partial charge in [0.1, 0.15) is 17.3 Å². The van der Waals surface area contributed by atoms with Crippen molar-refractivity contribution in [1.29, 1.82) is 0 Å². The van der Waals surface area contributed by atoms with E-state index < -0.39 is 49.2 Å². The number of nitrogens with one attached hydrogen (secondary N) is 1. The summed E-state index contributed by atoms with van der Waals surface area (Å²) in [6.07, 6.45) is 2.32. The molecular formula is C19H21N5O8S. The van der Waals surface area contributed by atoms with Gasteiger partial charge in [-0.1, -0.05) is 13.3 Å². The summed E-state index contributed by atoms with van der Waals surface area (Å²) in [6.45, 7) is 1.90. The number of hydrogen-bond donors (Lipinski definition) is 1. The van der Waals surface area contributed by atoms with Gasteiger partial charge in [0.05, 0.1) is 10.5 Å². The Hall–Kier alpha value is -3.81. The molecule has 0 unspecified atom stereocenters.